The van der Waals surface area contributed by atoms with E-state index in [-0.39, 0.29) is 0 Å². The van der Waals surface area contributed by atoms with E-state index in [9.17, 15) is 0 Å². The summed E-state index contributed by atoms with van der Waals surface area (Å²) in [6, 6.07) is 83.3. The van der Waals surface area contributed by atoms with E-state index in [1.807, 2.05) is 17.8 Å². The molecule has 0 saturated heterocycles. The Bertz CT molecular complexity index is 3290. The zero-order valence-corrected chi connectivity index (χ0v) is 34.6. The molecule has 2 heterocycles. The lowest BCUT2D eigenvalue weighted by Gasteiger charge is -2.40. The maximum Gasteiger partial charge on any atom is 0.160 e. The van der Waals surface area contributed by atoms with E-state index in [4.69, 9.17) is 9.97 Å². The molecule has 1 aliphatic heterocycles. The fourth-order valence-electron chi connectivity index (χ4n) is 9.86. The van der Waals surface area contributed by atoms with Crippen molar-refractivity contribution in [2.24, 2.45) is 0 Å². The first-order chi connectivity index (χ1) is 30.7. The molecule has 0 fully saturated rings. The van der Waals surface area contributed by atoms with Crippen molar-refractivity contribution in [2.45, 2.75) is 15.2 Å². The summed E-state index contributed by atoms with van der Waals surface area (Å²) in [4.78, 5) is 13.1. The van der Waals surface area contributed by atoms with Gasteiger partial charge in [0.15, 0.2) is 5.82 Å². The molecule has 0 saturated carbocycles. The van der Waals surface area contributed by atoms with Crippen molar-refractivity contribution < 1.29 is 0 Å². The van der Waals surface area contributed by atoms with Gasteiger partial charge < -0.3 is 0 Å². The largest absolute Gasteiger partial charge is 0.228 e. The molecule has 0 atom stereocenters. The molecule has 2 nitrogen and oxygen atoms in total. The van der Waals surface area contributed by atoms with E-state index in [1.165, 1.54) is 54.3 Å². The molecule has 1 aromatic heterocycles. The van der Waals surface area contributed by atoms with E-state index < -0.39 is 5.41 Å². The molecular formula is C59H38N2S. The summed E-state index contributed by atoms with van der Waals surface area (Å²) in [5, 5.41) is 0. The maximum atomic E-state index is 5.31. The number of hydrogen-bond donors (Lipinski definition) is 0. The fraction of sp³-hybridized carbons (Fsp3) is 0.0169. The monoisotopic (exact) mass is 806 g/mol. The van der Waals surface area contributed by atoms with E-state index >= 15 is 0 Å². The Hall–Kier alpha value is -7.59. The molecule has 1 spiro atoms. The van der Waals surface area contributed by atoms with Crippen LogP contribution in [0.5, 0.6) is 0 Å². The van der Waals surface area contributed by atoms with Crippen LogP contribution in [-0.4, -0.2) is 9.97 Å². The Morgan fingerprint density at radius 2 is 0.758 bits per heavy atom. The zero-order valence-electron chi connectivity index (χ0n) is 33.7. The van der Waals surface area contributed by atoms with Crippen LogP contribution in [0.1, 0.15) is 22.3 Å². The van der Waals surface area contributed by atoms with Gasteiger partial charge in [0, 0.05) is 26.5 Å². The Labute approximate surface area is 366 Å². The maximum absolute atomic E-state index is 5.31. The molecule has 12 rings (SSSR count). The van der Waals surface area contributed by atoms with Crippen LogP contribution in [0.25, 0.3) is 78.4 Å². The molecule has 0 N–H and O–H groups in total. The second kappa shape index (κ2) is 14.8. The standard InChI is InChI=1S/C59H38N2S/c1-3-18-39(19-4-1)45-26-7-8-29-49(45)55-38-54(40-20-5-2-6-21-40)60-58(61-55)44-25-16-23-42(37-44)41-22-15-24-43(36-41)46-30-17-34-53-57(46)62-56-35-14-13-33-52(56)59(53)50-31-11-9-27-47(50)48-28-10-12-32-51(48)59/h1-38H. The molecule has 0 unspecified atom stereocenters. The van der Waals surface area contributed by atoms with Crippen LogP contribution < -0.4 is 0 Å². The van der Waals surface area contributed by atoms with Gasteiger partial charge in [-0.15, -0.1) is 0 Å². The molecule has 290 valence electrons. The van der Waals surface area contributed by atoms with Crippen LogP contribution in [0.3, 0.4) is 0 Å². The van der Waals surface area contributed by atoms with Gasteiger partial charge in [0.2, 0.25) is 0 Å². The second-order valence-electron chi connectivity index (χ2n) is 16.0. The van der Waals surface area contributed by atoms with Crippen LogP contribution in [0.4, 0.5) is 0 Å². The van der Waals surface area contributed by atoms with Gasteiger partial charge in [0.25, 0.3) is 0 Å². The Kier molecular flexibility index (Phi) is 8.69. The van der Waals surface area contributed by atoms with Gasteiger partial charge in [-0.2, -0.15) is 0 Å². The highest BCUT2D eigenvalue weighted by Crippen LogP contribution is 2.63. The van der Waals surface area contributed by atoms with Crippen LogP contribution >= 0.6 is 11.8 Å². The lowest BCUT2D eigenvalue weighted by molar-refractivity contribution is 0.723. The van der Waals surface area contributed by atoms with Gasteiger partial charge in [-0.3, -0.25) is 0 Å². The SMILES string of the molecule is c1ccc(-c2cc(-c3ccccc3-c3ccccc3)nc(-c3cccc(-c4cccc(-c5cccc6c5Sc5ccccc5C65c6ccccc6-c6ccccc65)c4)c3)n2)cc1. The van der Waals surface area contributed by atoms with Crippen molar-refractivity contribution in [3.05, 3.63) is 253 Å². The summed E-state index contributed by atoms with van der Waals surface area (Å²) in [6.45, 7) is 0. The first-order valence-electron chi connectivity index (χ1n) is 21.1. The van der Waals surface area contributed by atoms with E-state index in [0.29, 0.717) is 5.82 Å². The molecule has 1 aliphatic carbocycles. The van der Waals surface area contributed by atoms with Gasteiger partial charge in [-0.05, 0) is 91.0 Å². The first kappa shape index (κ1) is 36.3. The summed E-state index contributed by atoms with van der Waals surface area (Å²) in [5.41, 5.74) is 19.4. The Morgan fingerprint density at radius 3 is 1.47 bits per heavy atom. The molecule has 9 aromatic carbocycles. The van der Waals surface area contributed by atoms with E-state index in [2.05, 4.69) is 224 Å². The third-order valence-corrected chi connectivity index (χ3v) is 13.8. The molecular weight excluding hydrogens is 769 g/mol. The summed E-state index contributed by atoms with van der Waals surface area (Å²) in [7, 11) is 0. The summed E-state index contributed by atoms with van der Waals surface area (Å²) < 4.78 is 0. The predicted molar refractivity (Wildman–Crippen MR) is 256 cm³/mol. The summed E-state index contributed by atoms with van der Waals surface area (Å²) in [6.07, 6.45) is 0. The minimum Gasteiger partial charge on any atom is -0.228 e. The number of rotatable bonds is 6. The molecule has 2 aliphatic rings. The summed E-state index contributed by atoms with van der Waals surface area (Å²) >= 11 is 1.90. The van der Waals surface area contributed by atoms with E-state index in [0.717, 1.165) is 50.3 Å². The van der Waals surface area contributed by atoms with Gasteiger partial charge in [-0.1, -0.05) is 218 Å². The van der Waals surface area contributed by atoms with Crippen LogP contribution in [0.2, 0.25) is 0 Å². The number of hydrogen-bond acceptors (Lipinski definition) is 3. The van der Waals surface area contributed by atoms with Crippen molar-refractivity contribution in [2.75, 3.05) is 0 Å². The lowest BCUT2D eigenvalue weighted by atomic mass is 9.67. The number of nitrogens with zero attached hydrogens (tertiary/aromatic N) is 2. The topological polar surface area (TPSA) is 25.8 Å². The van der Waals surface area contributed by atoms with Crippen LogP contribution in [0, 0.1) is 0 Å². The van der Waals surface area contributed by atoms with E-state index in [1.54, 1.807) is 0 Å². The lowest BCUT2D eigenvalue weighted by Crippen LogP contribution is -2.32. The average molecular weight is 807 g/mol. The third kappa shape index (κ3) is 5.81. The third-order valence-electron chi connectivity index (χ3n) is 12.6. The van der Waals surface area contributed by atoms with Crippen LogP contribution in [0.15, 0.2) is 240 Å². The van der Waals surface area contributed by atoms with Gasteiger partial charge in [0.1, 0.15) is 0 Å². The second-order valence-corrected chi connectivity index (χ2v) is 17.1. The molecule has 0 radical (unpaired) electrons. The number of benzene rings is 9. The quantitative estimate of drug-likeness (QED) is 0.167. The molecule has 3 heteroatoms. The predicted octanol–water partition coefficient (Wildman–Crippen LogP) is 15.3. The van der Waals surface area contributed by atoms with Crippen molar-refractivity contribution in [3.63, 3.8) is 0 Å². The van der Waals surface area contributed by atoms with Gasteiger partial charge in [-0.25, -0.2) is 9.97 Å². The van der Waals surface area contributed by atoms with Gasteiger partial charge >= 0.3 is 0 Å². The van der Waals surface area contributed by atoms with Crippen molar-refractivity contribution in [1.82, 2.24) is 9.97 Å². The first-order valence-corrected chi connectivity index (χ1v) is 22.0. The minimum atomic E-state index is -0.416. The highest BCUT2D eigenvalue weighted by atomic mass is 32.2. The van der Waals surface area contributed by atoms with Gasteiger partial charge in [0.05, 0.1) is 16.8 Å². The van der Waals surface area contributed by atoms with Crippen molar-refractivity contribution in [3.8, 4) is 78.4 Å². The average Bonchev–Trinajstić information content (AvgIpc) is 3.65. The van der Waals surface area contributed by atoms with Crippen LogP contribution in [-0.2, 0) is 5.41 Å². The zero-order chi connectivity index (χ0) is 41.0. The molecule has 0 bridgehead atoms. The number of aromatic nitrogens is 2. The fourth-order valence-corrected chi connectivity index (χ4v) is 11.2. The molecule has 0 amide bonds. The molecule has 10 aromatic rings. The Balaban J connectivity index is 0.982. The van der Waals surface area contributed by atoms with Crippen molar-refractivity contribution >= 4 is 11.8 Å². The summed E-state index contributed by atoms with van der Waals surface area (Å²) in [5.74, 6) is 0.692. The Morgan fingerprint density at radius 1 is 0.290 bits per heavy atom. The van der Waals surface area contributed by atoms with Crippen molar-refractivity contribution in [1.29, 1.82) is 0 Å². The highest BCUT2D eigenvalue weighted by Gasteiger charge is 2.50. The minimum absolute atomic E-state index is 0.416. The molecule has 62 heavy (non-hydrogen) atoms. The smallest absolute Gasteiger partial charge is 0.160 e. The number of fused-ring (bicyclic) bond motifs is 9. The normalized spacial score (nSPS) is 12.9. The highest BCUT2D eigenvalue weighted by molar-refractivity contribution is 7.99.